The van der Waals surface area contributed by atoms with E-state index >= 15 is 0 Å². The summed E-state index contributed by atoms with van der Waals surface area (Å²) in [5.74, 6) is 0.293. The minimum absolute atomic E-state index is 0.0138. The van der Waals surface area contributed by atoms with Gasteiger partial charge in [0.25, 0.3) is 0 Å². The van der Waals surface area contributed by atoms with Crippen molar-refractivity contribution in [3.8, 4) is 0 Å². The lowest BCUT2D eigenvalue weighted by Gasteiger charge is -2.41. The summed E-state index contributed by atoms with van der Waals surface area (Å²) < 4.78 is 0. The topological polar surface area (TPSA) is 81.9 Å². The first-order valence-corrected chi connectivity index (χ1v) is 16.3. The predicted molar refractivity (Wildman–Crippen MR) is 177 cm³/mol. The molecule has 3 aliphatic heterocycles. The number of carbonyl (C=O) groups excluding carboxylic acids is 2. The molecule has 8 heteroatoms. The molecule has 0 spiro atoms. The number of hydrogen-bond donors (Lipinski definition) is 2. The maximum absolute atomic E-state index is 14.4. The van der Waals surface area contributed by atoms with E-state index in [0.717, 1.165) is 36.3 Å². The molecular formula is C36H44ClN5O2. The number of anilines is 1. The Morgan fingerprint density at radius 1 is 0.909 bits per heavy atom. The van der Waals surface area contributed by atoms with Crippen LogP contribution in [0.1, 0.15) is 60.0 Å². The molecule has 2 saturated heterocycles. The van der Waals surface area contributed by atoms with Crippen molar-refractivity contribution in [2.75, 3.05) is 37.6 Å². The minimum Gasteiger partial charge on any atom is -0.368 e. The van der Waals surface area contributed by atoms with E-state index in [2.05, 4.69) is 61.3 Å². The van der Waals surface area contributed by atoms with E-state index in [0.29, 0.717) is 43.5 Å². The van der Waals surface area contributed by atoms with Gasteiger partial charge in [-0.25, -0.2) is 0 Å². The highest BCUT2D eigenvalue weighted by molar-refractivity contribution is 6.30. The lowest BCUT2D eigenvalue weighted by atomic mass is 9.90. The van der Waals surface area contributed by atoms with E-state index in [1.807, 2.05) is 46.2 Å². The minimum atomic E-state index is -0.543. The van der Waals surface area contributed by atoms with Gasteiger partial charge in [0.1, 0.15) is 6.04 Å². The average molecular weight is 614 g/mol. The summed E-state index contributed by atoms with van der Waals surface area (Å²) in [7, 11) is 0. The van der Waals surface area contributed by atoms with Crippen LogP contribution in [0.15, 0.2) is 66.7 Å². The second kappa shape index (κ2) is 12.9. The normalized spacial score (nSPS) is 22.7. The molecule has 0 aromatic heterocycles. The fourth-order valence-electron chi connectivity index (χ4n) is 7.18. The number of amides is 2. The second-order valence-electron chi connectivity index (χ2n) is 13.0. The number of halogens is 1. The second-order valence-corrected chi connectivity index (χ2v) is 13.4. The summed E-state index contributed by atoms with van der Waals surface area (Å²) in [5, 5.41) is 4.12. The number of piperazine rings is 1. The van der Waals surface area contributed by atoms with E-state index in [1.165, 1.54) is 16.7 Å². The number of carbonyl (C=O) groups is 2. The Labute approximate surface area is 266 Å². The van der Waals surface area contributed by atoms with Gasteiger partial charge < -0.3 is 25.8 Å². The van der Waals surface area contributed by atoms with Gasteiger partial charge in [0.15, 0.2) is 0 Å². The van der Waals surface area contributed by atoms with E-state index in [-0.39, 0.29) is 29.8 Å². The number of rotatable bonds is 6. The van der Waals surface area contributed by atoms with E-state index < -0.39 is 6.04 Å². The first kappa shape index (κ1) is 30.6. The van der Waals surface area contributed by atoms with Crippen LogP contribution in [0.2, 0.25) is 5.02 Å². The number of likely N-dealkylation sites (tertiary alicyclic amines) is 1. The van der Waals surface area contributed by atoms with Gasteiger partial charge in [-0.05, 0) is 66.1 Å². The molecular weight excluding hydrogens is 570 g/mol. The molecule has 3 aliphatic rings. The molecule has 2 fully saturated rings. The summed E-state index contributed by atoms with van der Waals surface area (Å²) >= 11 is 6.22. The van der Waals surface area contributed by atoms with Crippen molar-refractivity contribution in [1.29, 1.82) is 0 Å². The largest absolute Gasteiger partial charge is 0.368 e. The molecule has 3 N–H and O–H groups in total. The number of hydrogen-bond acceptors (Lipinski definition) is 5. The van der Waals surface area contributed by atoms with E-state index in [1.54, 1.807) is 0 Å². The van der Waals surface area contributed by atoms with Crippen molar-refractivity contribution < 1.29 is 9.59 Å². The monoisotopic (exact) mass is 613 g/mol. The predicted octanol–water partition coefficient (Wildman–Crippen LogP) is 5.05. The molecule has 3 heterocycles. The van der Waals surface area contributed by atoms with Gasteiger partial charge >= 0.3 is 0 Å². The molecule has 2 amide bonds. The van der Waals surface area contributed by atoms with Crippen molar-refractivity contribution in [3.63, 3.8) is 0 Å². The summed E-state index contributed by atoms with van der Waals surface area (Å²) in [4.78, 5) is 34.7. The maximum Gasteiger partial charge on any atom is 0.246 e. The molecule has 6 rings (SSSR count). The third-order valence-corrected chi connectivity index (χ3v) is 10.1. The quantitative estimate of drug-likeness (QED) is 0.407. The molecule has 0 radical (unpaired) electrons. The van der Waals surface area contributed by atoms with Crippen LogP contribution in [0.3, 0.4) is 0 Å². The number of nitrogens with one attached hydrogen (secondary N) is 1. The standard InChI is InChI=1S/C36H44ClN5O2/c1-23(2)33(38)30-20-24(3)8-13-32(30)40-16-18-41(19-17-40)36(44)34-29(25-9-11-28(37)12-10-25)14-15-42(34)35(43)31-21-26-6-4-5-7-27(26)22-39-31/h4-13,20,23,29,31,33-34,39H,14-19,21-22,38H2,1-3H3/t29-,31-,33+,34+/m1/s1. The average Bonchev–Trinajstić information content (AvgIpc) is 3.49. The number of nitrogens with two attached hydrogens (primary N) is 1. The first-order valence-electron chi connectivity index (χ1n) is 16.0. The van der Waals surface area contributed by atoms with Crippen LogP contribution in [0.5, 0.6) is 0 Å². The lowest BCUT2D eigenvalue weighted by Crippen LogP contribution is -2.58. The van der Waals surface area contributed by atoms with Crippen LogP contribution in [0.4, 0.5) is 5.69 Å². The summed E-state index contributed by atoms with van der Waals surface area (Å²) in [6.07, 6.45) is 1.38. The third-order valence-electron chi connectivity index (χ3n) is 9.80. The molecule has 4 atom stereocenters. The Balaban J connectivity index is 1.22. The molecule has 0 unspecified atom stereocenters. The highest BCUT2D eigenvalue weighted by Gasteiger charge is 2.46. The smallest absolute Gasteiger partial charge is 0.246 e. The van der Waals surface area contributed by atoms with Gasteiger partial charge in [0.05, 0.1) is 6.04 Å². The van der Waals surface area contributed by atoms with Gasteiger partial charge in [0.2, 0.25) is 11.8 Å². The molecule has 3 aromatic rings. The molecule has 0 saturated carbocycles. The molecule has 0 aliphatic carbocycles. The summed E-state index contributed by atoms with van der Waals surface area (Å²) in [6.45, 7) is 10.3. The maximum atomic E-state index is 14.4. The molecule has 7 nitrogen and oxygen atoms in total. The van der Waals surface area contributed by atoms with Crippen LogP contribution < -0.4 is 16.0 Å². The van der Waals surface area contributed by atoms with Crippen molar-refractivity contribution >= 4 is 29.1 Å². The third kappa shape index (κ3) is 6.10. The van der Waals surface area contributed by atoms with Gasteiger partial charge in [-0.1, -0.05) is 79.5 Å². The van der Waals surface area contributed by atoms with Crippen LogP contribution >= 0.6 is 11.6 Å². The molecule has 0 bridgehead atoms. The molecule has 232 valence electrons. The Bertz CT molecular complexity index is 1500. The molecule has 3 aromatic carbocycles. The van der Waals surface area contributed by atoms with Crippen LogP contribution in [0.25, 0.3) is 0 Å². The summed E-state index contributed by atoms with van der Waals surface area (Å²) in [6, 6.07) is 21.6. The van der Waals surface area contributed by atoms with E-state index in [4.69, 9.17) is 17.3 Å². The summed E-state index contributed by atoms with van der Waals surface area (Å²) in [5.41, 5.74) is 13.6. The Morgan fingerprint density at radius 2 is 1.61 bits per heavy atom. The van der Waals surface area contributed by atoms with Gasteiger partial charge in [-0.3, -0.25) is 9.59 Å². The van der Waals surface area contributed by atoms with Crippen molar-refractivity contribution in [3.05, 3.63) is 99.6 Å². The van der Waals surface area contributed by atoms with E-state index in [9.17, 15) is 9.59 Å². The Kier molecular flexibility index (Phi) is 8.99. The highest BCUT2D eigenvalue weighted by atomic mass is 35.5. The van der Waals surface area contributed by atoms with Gasteiger partial charge in [0, 0.05) is 61.9 Å². The van der Waals surface area contributed by atoms with Gasteiger partial charge in [-0.15, -0.1) is 0 Å². The fraction of sp³-hybridized carbons (Fsp3) is 0.444. The molecule has 44 heavy (non-hydrogen) atoms. The Hall–Kier alpha value is -3.39. The van der Waals surface area contributed by atoms with Gasteiger partial charge in [-0.2, -0.15) is 0 Å². The zero-order valence-corrected chi connectivity index (χ0v) is 26.8. The van der Waals surface area contributed by atoms with Crippen molar-refractivity contribution in [1.82, 2.24) is 15.1 Å². The Morgan fingerprint density at radius 3 is 2.32 bits per heavy atom. The SMILES string of the molecule is Cc1ccc(N2CCN(C(=O)[C@@H]3[C@@H](c4ccc(Cl)cc4)CCN3C(=O)[C@H]3Cc4ccccc4CN3)CC2)c([C@@H](N)C(C)C)c1. The number of fused-ring (bicyclic) bond motifs is 1. The number of aryl methyl sites for hydroxylation is 1. The van der Waals surface area contributed by atoms with Crippen LogP contribution in [0, 0.1) is 12.8 Å². The van der Waals surface area contributed by atoms with Crippen molar-refractivity contribution in [2.24, 2.45) is 11.7 Å². The van der Waals surface area contributed by atoms with Crippen LogP contribution in [-0.4, -0.2) is 66.4 Å². The van der Waals surface area contributed by atoms with Crippen molar-refractivity contribution in [2.45, 2.75) is 64.2 Å². The zero-order valence-electron chi connectivity index (χ0n) is 26.0. The zero-order chi connectivity index (χ0) is 31.0. The highest BCUT2D eigenvalue weighted by Crippen LogP contribution is 2.37. The number of benzene rings is 3. The lowest BCUT2D eigenvalue weighted by molar-refractivity contribution is -0.145. The number of nitrogens with zero attached hydrogens (tertiary/aromatic N) is 3. The fourth-order valence-corrected chi connectivity index (χ4v) is 7.30. The first-order chi connectivity index (χ1) is 21.2. The van der Waals surface area contributed by atoms with Crippen LogP contribution in [-0.2, 0) is 22.6 Å².